The van der Waals surface area contributed by atoms with Gasteiger partial charge in [0.2, 0.25) is 0 Å². The molecule has 3 aromatic rings. The number of aromatic nitrogens is 2. The average molecular weight is 472 g/mol. The van der Waals surface area contributed by atoms with E-state index in [0.717, 1.165) is 17.1 Å². The molecule has 0 fully saturated rings. The third-order valence-corrected chi connectivity index (χ3v) is 4.43. The molecular weight excluding hydrogens is 442 g/mol. The van der Waals surface area contributed by atoms with Crippen molar-refractivity contribution in [1.29, 1.82) is 0 Å². The summed E-state index contributed by atoms with van der Waals surface area (Å²) in [5.74, 6) is 4.61. The van der Waals surface area contributed by atoms with E-state index in [1.165, 1.54) is 0 Å². The summed E-state index contributed by atoms with van der Waals surface area (Å²) >= 11 is 5.70. The summed E-state index contributed by atoms with van der Waals surface area (Å²) in [5, 5.41) is 7.94. The molecule has 1 atom stereocenters. The fourth-order valence-electron chi connectivity index (χ4n) is 2.66. The first-order valence-corrected chi connectivity index (χ1v) is 10.7. The van der Waals surface area contributed by atoms with Crippen LogP contribution in [-0.2, 0) is 9.53 Å². The highest BCUT2D eigenvalue weighted by Crippen LogP contribution is 2.29. The molecule has 1 unspecified atom stereocenters. The monoisotopic (exact) mass is 471 g/mol. The number of hydrogen-bond acceptors (Lipinski definition) is 6. The molecule has 8 heteroatoms. The van der Waals surface area contributed by atoms with Crippen molar-refractivity contribution in [2.24, 2.45) is 0 Å². The van der Waals surface area contributed by atoms with Crippen LogP contribution in [0.2, 0.25) is 5.02 Å². The standard InChI is InChI=1S/C12H15N3O2.C11H9ClO2.C2H6/c1-13-12-6-7-14-15(12)9-4-5-10(16-2)11(8-9)17-3;1-2-7-14-11(8-13)9-3-5-10(12)6-4-9;1-2/h4-8,13H,1-3H3;1,3-6,8,11H,7H2;1-2H3. The van der Waals surface area contributed by atoms with Gasteiger partial charge in [0, 0.05) is 24.2 Å². The first-order chi connectivity index (χ1) is 16.1. The van der Waals surface area contributed by atoms with Crippen molar-refractivity contribution in [3.05, 3.63) is 65.3 Å². The lowest BCUT2D eigenvalue weighted by molar-refractivity contribution is -0.117. The van der Waals surface area contributed by atoms with Gasteiger partial charge in [-0.25, -0.2) is 4.68 Å². The molecule has 2 aromatic carbocycles. The summed E-state index contributed by atoms with van der Waals surface area (Å²) in [7, 11) is 5.09. The third kappa shape index (κ3) is 8.19. The summed E-state index contributed by atoms with van der Waals surface area (Å²) in [6.45, 7) is 4.12. The van der Waals surface area contributed by atoms with Crippen LogP contribution in [0.4, 0.5) is 5.82 Å². The van der Waals surface area contributed by atoms with Gasteiger partial charge in [-0.15, -0.1) is 6.42 Å². The summed E-state index contributed by atoms with van der Waals surface area (Å²) in [5.41, 5.74) is 1.66. The second kappa shape index (κ2) is 15.4. The fourth-order valence-corrected chi connectivity index (χ4v) is 2.79. The lowest BCUT2D eigenvalue weighted by Crippen LogP contribution is -2.05. The Balaban J connectivity index is 0.000000313. The molecule has 33 heavy (non-hydrogen) atoms. The molecule has 176 valence electrons. The van der Waals surface area contributed by atoms with Crippen molar-refractivity contribution in [3.8, 4) is 29.5 Å². The minimum absolute atomic E-state index is 0.117. The molecule has 7 nitrogen and oxygen atoms in total. The van der Waals surface area contributed by atoms with Crippen LogP contribution in [0.15, 0.2) is 54.7 Å². The number of nitrogens with zero attached hydrogens (tertiary/aromatic N) is 2. The van der Waals surface area contributed by atoms with Crippen LogP contribution in [0.25, 0.3) is 5.69 Å². The van der Waals surface area contributed by atoms with Gasteiger partial charge in [0.05, 0.1) is 26.1 Å². The number of nitrogens with one attached hydrogen (secondary N) is 1. The van der Waals surface area contributed by atoms with Crippen LogP contribution in [0.1, 0.15) is 25.5 Å². The molecule has 0 aliphatic heterocycles. The molecule has 0 saturated heterocycles. The molecule has 1 aromatic heterocycles. The Bertz CT molecular complexity index is 1010. The van der Waals surface area contributed by atoms with Crippen LogP contribution in [0.3, 0.4) is 0 Å². The first-order valence-electron chi connectivity index (χ1n) is 10.3. The zero-order valence-electron chi connectivity index (χ0n) is 19.5. The molecule has 0 saturated carbocycles. The quantitative estimate of drug-likeness (QED) is 0.360. The Labute approximate surface area is 200 Å². The van der Waals surface area contributed by atoms with Crippen molar-refractivity contribution in [3.63, 3.8) is 0 Å². The number of hydrogen-bond donors (Lipinski definition) is 1. The number of aldehydes is 1. The van der Waals surface area contributed by atoms with E-state index in [0.29, 0.717) is 22.8 Å². The number of terminal acetylenes is 1. The number of halogens is 1. The molecule has 1 heterocycles. The third-order valence-electron chi connectivity index (χ3n) is 4.18. The molecular formula is C25H30ClN3O4. The van der Waals surface area contributed by atoms with E-state index in [2.05, 4.69) is 16.3 Å². The number of rotatable bonds is 8. The smallest absolute Gasteiger partial charge is 0.162 e. The van der Waals surface area contributed by atoms with E-state index in [1.807, 2.05) is 45.2 Å². The van der Waals surface area contributed by atoms with Crippen LogP contribution in [0, 0.1) is 12.3 Å². The topological polar surface area (TPSA) is 74.6 Å². The van der Waals surface area contributed by atoms with Crippen LogP contribution in [0.5, 0.6) is 11.5 Å². The van der Waals surface area contributed by atoms with Gasteiger partial charge in [0.1, 0.15) is 18.5 Å². The Hall–Kier alpha value is -3.47. The summed E-state index contributed by atoms with van der Waals surface area (Å²) in [6.07, 6.45) is 6.86. The number of carbonyl (C=O) groups is 1. The second-order valence-electron chi connectivity index (χ2n) is 6.04. The lowest BCUT2D eigenvalue weighted by atomic mass is 10.1. The molecule has 0 radical (unpaired) electrons. The maximum absolute atomic E-state index is 10.7. The van der Waals surface area contributed by atoms with E-state index >= 15 is 0 Å². The first kappa shape index (κ1) is 27.6. The molecule has 0 aliphatic rings. The molecule has 1 N–H and O–H groups in total. The Morgan fingerprint density at radius 1 is 1.12 bits per heavy atom. The van der Waals surface area contributed by atoms with Crippen molar-refractivity contribution >= 4 is 23.7 Å². The van der Waals surface area contributed by atoms with Crippen molar-refractivity contribution in [2.75, 3.05) is 33.2 Å². The number of carbonyl (C=O) groups excluding carboxylic acids is 1. The van der Waals surface area contributed by atoms with E-state index < -0.39 is 6.10 Å². The van der Waals surface area contributed by atoms with E-state index in [1.54, 1.807) is 49.4 Å². The molecule has 3 rings (SSSR count). The highest BCUT2D eigenvalue weighted by molar-refractivity contribution is 6.30. The number of anilines is 1. The SMILES string of the molecule is C#CCOC(C=O)c1ccc(Cl)cc1.CC.CNc1ccnn1-c1ccc(OC)c(OC)c1. The van der Waals surface area contributed by atoms with E-state index in [9.17, 15) is 4.79 Å². The molecule has 0 spiro atoms. The Kier molecular flexibility index (Phi) is 12.8. The predicted octanol–water partition coefficient (Wildman–Crippen LogP) is 5.19. The van der Waals surface area contributed by atoms with Crippen LogP contribution >= 0.6 is 11.6 Å². The zero-order chi connectivity index (χ0) is 24.6. The van der Waals surface area contributed by atoms with Gasteiger partial charge in [-0.2, -0.15) is 5.10 Å². The van der Waals surface area contributed by atoms with Gasteiger partial charge in [-0.05, 0) is 29.8 Å². The number of ether oxygens (including phenoxy) is 3. The highest BCUT2D eigenvalue weighted by Gasteiger charge is 2.10. The Morgan fingerprint density at radius 3 is 2.33 bits per heavy atom. The van der Waals surface area contributed by atoms with Crippen LogP contribution < -0.4 is 14.8 Å². The summed E-state index contributed by atoms with van der Waals surface area (Å²) < 4.78 is 17.4. The van der Waals surface area contributed by atoms with Gasteiger partial charge < -0.3 is 24.3 Å². The van der Waals surface area contributed by atoms with Crippen LogP contribution in [-0.4, -0.2) is 43.9 Å². The number of benzene rings is 2. The summed E-state index contributed by atoms with van der Waals surface area (Å²) in [6, 6.07) is 14.4. The predicted molar refractivity (Wildman–Crippen MR) is 133 cm³/mol. The largest absolute Gasteiger partial charge is 0.493 e. The van der Waals surface area contributed by atoms with Gasteiger partial charge >= 0.3 is 0 Å². The van der Waals surface area contributed by atoms with Gasteiger partial charge in [-0.1, -0.05) is 43.5 Å². The zero-order valence-corrected chi connectivity index (χ0v) is 20.3. The average Bonchev–Trinajstić information content (AvgIpc) is 3.35. The maximum Gasteiger partial charge on any atom is 0.162 e. The molecule has 0 amide bonds. The van der Waals surface area contributed by atoms with Gasteiger partial charge in [0.15, 0.2) is 17.8 Å². The van der Waals surface area contributed by atoms with E-state index in [-0.39, 0.29) is 6.61 Å². The second-order valence-corrected chi connectivity index (χ2v) is 6.48. The molecule has 0 aliphatic carbocycles. The Morgan fingerprint density at radius 2 is 1.79 bits per heavy atom. The minimum Gasteiger partial charge on any atom is -0.493 e. The van der Waals surface area contributed by atoms with Gasteiger partial charge in [-0.3, -0.25) is 0 Å². The maximum atomic E-state index is 10.7. The normalized spacial score (nSPS) is 10.3. The summed E-state index contributed by atoms with van der Waals surface area (Å²) in [4.78, 5) is 10.7. The van der Waals surface area contributed by atoms with Crippen molar-refractivity contribution in [1.82, 2.24) is 9.78 Å². The number of methoxy groups -OCH3 is 2. The fraction of sp³-hybridized carbons (Fsp3) is 0.280. The van der Waals surface area contributed by atoms with Gasteiger partial charge in [0.25, 0.3) is 0 Å². The molecule has 0 bridgehead atoms. The van der Waals surface area contributed by atoms with Crippen molar-refractivity contribution in [2.45, 2.75) is 20.0 Å². The highest BCUT2D eigenvalue weighted by atomic mass is 35.5. The van der Waals surface area contributed by atoms with Crippen molar-refractivity contribution < 1.29 is 19.0 Å². The minimum atomic E-state index is -0.608. The lowest BCUT2D eigenvalue weighted by Gasteiger charge is -2.11. The van der Waals surface area contributed by atoms with E-state index in [4.69, 9.17) is 32.2 Å².